The van der Waals surface area contributed by atoms with Crippen LogP contribution in [0.5, 0.6) is 5.75 Å². The molecule has 39 heavy (non-hydrogen) atoms. The van der Waals surface area contributed by atoms with Crippen molar-refractivity contribution in [3.63, 3.8) is 0 Å². The second-order valence-electron chi connectivity index (χ2n) is 8.54. The summed E-state index contributed by atoms with van der Waals surface area (Å²) in [5.41, 5.74) is 6.09. The first-order valence-corrected chi connectivity index (χ1v) is 12.5. The van der Waals surface area contributed by atoms with Crippen molar-refractivity contribution in [1.29, 1.82) is 5.26 Å². The van der Waals surface area contributed by atoms with Gasteiger partial charge in [0, 0.05) is 16.8 Å². The Bertz CT molecular complexity index is 1870. The first-order valence-electron chi connectivity index (χ1n) is 11.7. The topological polar surface area (TPSA) is 110 Å². The molecule has 0 fully saturated rings. The van der Waals surface area contributed by atoms with Crippen molar-refractivity contribution in [2.75, 3.05) is 12.4 Å². The Morgan fingerprint density at radius 3 is 2.38 bits per heavy atom. The highest BCUT2D eigenvalue weighted by molar-refractivity contribution is 7.07. The zero-order valence-electron chi connectivity index (χ0n) is 20.4. The number of rotatable bonds is 5. The second-order valence-corrected chi connectivity index (χ2v) is 9.57. The number of benzene rings is 3. The van der Waals surface area contributed by atoms with Crippen LogP contribution in [0.1, 0.15) is 17.0 Å². The van der Waals surface area contributed by atoms with Gasteiger partial charge in [-0.15, -0.1) is 11.3 Å². The molecule has 5 rings (SSSR count). The number of hydrogen-bond acceptors (Lipinski definition) is 6. The molecule has 1 aliphatic rings. The average Bonchev–Trinajstić information content (AvgIpc) is 3.26. The van der Waals surface area contributed by atoms with Crippen LogP contribution in [0.2, 0.25) is 0 Å². The molecule has 3 N–H and O–H groups in total. The van der Waals surface area contributed by atoms with E-state index >= 15 is 4.39 Å². The molecule has 3 aromatic carbocycles. The minimum atomic E-state index is -1.20. The number of carbonyl (C=O) groups excluding carboxylic acids is 1. The highest BCUT2D eigenvalue weighted by atomic mass is 32.1. The van der Waals surface area contributed by atoms with Crippen LogP contribution >= 0.6 is 11.3 Å². The summed E-state index contributed by atoms with van der Waals surface area (Å²) in [4.78, 5) is 27.3. The molecule has 10 heteroatoms. The number of amides is 1. The Morgan fingerprint density at radius 2 is 1.74 bits per heavy atom. The minimum Gasteiger partial charge on any atom is -0.497 e. The molecular weight excluding hydrogens is 522 g/mol. The van der Waals surface area contributed by atoms with Crippen LogP contribution < -0.4 is 30.5 Å². The molecule has 1 atom stereocenters. The number of fused-ring (bicyclic) bond motifs is 1. The molecule has 0 radical (unpaired) electrons. The average molecular weight is 543 g/mol. The fourth-order valence-corrected chi connectivity index (χ4v) is 5.56. The standard InChI is InChI=1S/C29H20F2N4O3S/c1-38-18-12-10-17(11-13-18)34-27(36)25-24(19-7-3-5-9-22(19)31)20(15-32)26(33)35-28(37)23(39-29(25)35)14-16-6-2-4-8-21(16)30/h2-14,24H,33H2,1H3,(H,34,36)/b23-14-. The van der Waals surface area contributed by atoms with Crippen molar-refractivity contribution in [1.82, 2.24) is 4.57 Å². The minimum absolute atomic E-state index is 0.0445. The monoisotopic (exact) mass is 542 g/mol. The molecule has 4 aromatic rings. The lowest BCUT2D eigenvalue weighted by molar-refractivity contribution is -0.111. The number of methoxy groups -OCH3 is 1. The van der Waals surface area contributed by atoms with Crippen molar-refractivity contribution in [3.8, 4) is 11.8 Å². The molecule has 2 heterocycles. The molecule has 0 spiro atoms. The lowest BCUT2D eigenvalue weighted by Gasteiger charge is -2.25. The number of thiazole rings is 1. The van der Waals surface area contributed by atoms with E-state index in [4.69, 9.17) is 10.5 Å². The SMILES string of the molecule is COc1ccc(NC(=O)C2=c3s/c(=C\c4ccccc4F)c(=O)n3C(N)=C(C#N)C2c2ccccc2F)cc1. The molecule has 0 saturated heterocycles. The molecule has 194 valence electrons. The Balaban J connectivity index is 1.81. The predicted molar refractivity (Wildman–Crippen MR) is 145 cm³/mol. The molecule has 7 nitrogen and oxygen atoms in total. The number of anilines is 1. The summed E-state index contributed by atoms with van der Waals surface area (Å²) in [6.45, 7) is 0. The van der Waals surface area contributed by atoms with Crippen molar-refractivity contribution in [2.45, 2.75) is 5.92 Å². The number of carbonyl (C=O) groups is 1. The van der Waals surface area contributed by atoms with Gasteiger partial charge < -0.3 is 15.8 Å². The highest BCUT2D eigenvalue weighted by Gasteiger charge is 2.37. The maximum atomic E-state index is 15.1. The number of aromatic nitrogens is 1. The van der Waals surface area contributed by atoms with Gasteiger partial charge >= 0.3 is 0 Å². The van der Waals surface area contributed by atoms with Crippen LogP contribution in [0.25, 0.3) is 17.5 Å². The summed E-state index contributed by atoms with van der Waals surface area (Å²) in [6, 6.07) is 20.1. The first kappa shape index (κ1) is 25.6. The lowest BCUT2D eigenvalue weighted by atomic mass is 9.83. The largest absolute Gasteiger partial charge is 0.497 e. The van der Waals surface area contributed by atoms with Crippen molar-refractivity contribution in [2.24, 2.45) is 5.73 Å². The third kappa shape index (κ3) is 4.60. The molecule has 0 aliphatic carbocycles. The van der Waals surface area contributed by atoms with E-state index in [-0.39, 0.29) is 37.3 Å². The summed E-state index contributed by atoms with van der Waals surface area (Å²) < 4.78 is 35.9. The maximum Gasteiger partial charge on any atom is 0.274 e. The summed E-state index contributed by atoms with van der Waals surface area (Å²) in [6.07, 6.45) is 1.35. The van der Waals surface area contributed by atoms with E-state index in [0.717, 1.165) is 15.9 Å². The van der Waals surface area contributed by atoms with Crippen LogP contribution in [0.15, 0.2) is 83.2 Å². The second kappa shape index (κ2) is 10.4. The fraction of sp³-hybridized carbons (Fsp3) is 0.0690. The van der Waals surface area contributed by atoms with Gasteiger partial charge in [0.15, 0.2) is 0 Å². The van der Waals surface area contributed by atoms with Gasteiger partial charge in [0.05, 0.1) is 34.8 Å². The molecule has 0 bridgehead atoms. The van der Waals surface area contributed by atoms with Crippen LogP contribution in [-0.2, 0) is 4.79 Å². The number of nitrogens with two attached hydrogens (primary N) is 1. The number of nitriles is 1. The van der Waals surface area contributed by atoms with E-state index in [1.165, 1.54) is 49.6 Å². The van der Waals surface area contributed by atoms with Crippen molar-refractivity contribution < 1.29 is 18.3 Å². The molecule has 1 amide bonds. The zero-order valence-corrected chi connectivity index (χ0v) is 21.3. The van der Waals surface area contributed by atoms with Crippen molar-refractivity contribution >= 4 is 40.4 Å². The van der Waals surface area contributed by atoms with Gasteiger partial charge in [0.2, 0.25) is 0 Å². The number of nitrogens with zero attached hydrogens (tertiary/aromatic N) is 2. The number of hydrogen-bond donors (Lipinski definition) is 2. The van der Waals surface area contributed by atoms with Gasteiger partial charge in [0.25, 0.3) is 11.5 Å². The quantitative estimate of drug-likeness (QED) is 0.402. The van der Waals surface area contributed by atoms with E-state index in [2.05, 4.69) is 5.32 Å². The molecule has 1 aromatic heterocycles. The van der Waals surface area contributed by atoms with Gasteiger partial charge in [-0.25, -0.2) is 8.78 Å². The molecular formula is C29H20F2N4O3S. The molecule has 1 unspecified atom stereocenters. The van der Waals surface area contributed by atoms with Crippen LogP contribution in [0, 0.1) is 23.0 Å². The number of nitrogens with one attached hydrogen (secondary N) is 1. The van der Waals surface area contributed by atoms with E-state index in [1.54, 1.807) is 36.4 Å². The van der Waals surface area contributed by atoms with Gasteiger partial charge in [-0.2, -0.15) is 5.26 Å². The first-order chi connectivity index (χ1) is 18.8. The number of halogens is 2. The lowest BCUT2D eigenvalue weighted by Crippen LogP contribution is -2.41. The van der Waals surface area contributed by atoms with E-state index in [9.17, 15) is 19.2 Å². The predicted octanol–water partition coefficient (Wildman–Crippen LogP) is 3.26. The van der Waals surface area contributed by atoms with E-state index in [0.29, 0.717) is 11.4 Å². The maximum absolute atomic E-state index is 15.1. The number of ether oxygens (including phenoxy) is 1. The molecule has 0 saturated carbocycles. The fourth-order valence-electron chi connectivity index (χ4n) is 4.39. The smallest absolute Gasteiger partial charge is 0.274 e. The summed E-state index contributed by atoms with van der Waals surface area (Å²) in [7, 11) is 1.51. The highest BCUT2D eigenvalue weighted by Crippen LogP contribution is 2.37. The zero-order chi connectivity index (χ0) is 27.7. The van der Waals surface area contributed by atoms with Crippen LogP contribution in [-0.4, -0.2) is 17.6 Å². The van der Waals surface area contributed by atoms with Crippen molar-refractivity contribution in [3.05, 3.63) is 121 Å². The van der Waals surface area contributed by atoms with Gasteiger partial charge in [0.1, 0.15) is 27.9 Å². The Kier molecular flexibility index (Phi) is 6.83. The third-order valence-corrected chi connectivity index (χ3v) is 7.38. The van der Waals surface area contributed by atoms with E-state index in [1.807, 2.05) is 6.07 Å². The van der Waals surface area contributed by atoms with Gasteiger partial charge in [-0.3, -0.25) is 14.2 Å². The Labute approximate surface area is 225 Å². The van der Waals surface area contributed by atoms with Crippen LogP contribution in [0.4, 0.5) is 14.5 Å². The number of allylic oxidation sites excluding steroid dienone is 1. The summed E-state index contributed by atoms with van der Waals surface area (Å²) >= 11 is 0.903. The van der Waals surface area contributed by atoms with Gasteiger partial charge in [-0.05, 0) is 42.5 Å². The normalized spacial score (nSPS) is 15.1. The summed E-state index contributed by atoms with van der Waals surface area (Å²) in [5, 5.41) is 12.9. The Morgan fingerprint density at radius 1 is 1.08 bits per heavy atom. The van der Waals surface area contributed by atoms with Crippen LogP contribution in [0.3, 0.4) is 0 Å². The molecule has 1 aliphatic heterocycles. The third-order valence-electron chi connectivity index (χ3n) is 6.27. The van der Waals surface area contributed by atoms with E-state index < -0.39 is 29.0 Å². The van der Waals surface area contributed by atoms with Gasteiger partial charge in [-0.1, -0.05) is 36.4 Å². The summed E-state index contributed by atoms with van der Waals surface area (Å²) in [5.74, 6) is -2.71. The Hall–Kier alpha value is -5.01.